The lowest BCUT2D eigenvalue weighted by Crippen LogP contribution is -2.41. The topological polar surface area (TPSA) is 84.7 Å². The first-order valence-corrected chi connectivity index (χ1v) is 8.73. The van der Waals surface area contributed by atoms with Crippen LogP contribution in [0.15, 0.2) is 6.20 Å². The second-order valence-electron chi connectivity index (χ2n) is 6.72. The molecule has 2 aliphatic rings. The molecule has 1 saturated carbocycles. The molecule has 7 heteroatoms. The molecule has 0 atom stereocenters. The lowest BCUT2D eigenvalue weighted by molar-refractivity contribution is -0.139. The van der Waals surface area contributed by atoms with E-state index in [1.807, 2.05) is 4.90 Å². The fraction of sp³-hybridized carbons (Fsp3) is 0.706. The maximum absolute atomic E-state index is 12.3. The number of aromatic carboxylic acids is 1. The van der Waals surface area contributed by atoms with Crippen molar-refractivity contribution >= 4 is 11.9 Å². The number of hydrogen-bond acceptors (Lipinski definition) is 4. The maximum atomic E-state index is 12.3. The summed E-state index contributed by atoms with van der Waals surface area (Å²) in [6.45, 7) is 3.29. The number of carboxylic acids is 1. The van der Waals surface area contributed by atoms with Gasteiger partial charge in [-0.2, -0.15) is 5.10 Å². The van der Waals surface area contributed by atoms with E-state index in [0.717, 1.165) is 25.7 Å². The molecule has 7 nitrogen and oxygen atoms in total. The monoisotopic (exact) mass is 335 g/mol. The Balaban J connectivity index is 1.50. The van der Waals surface area contributed by atoms with Gasteiger partial charge in [-0.3, -0.25) is 9.48 Å². The van der Waals surface area contributed by atoms with Crippen LogP contribution in [0.3, 0.4) is 0 Å². The van der Waals surface area contributed by atoms with Crippen LogP contribution in [-0.4, -0.2) is 57.5 Å². The van der Waals surface area contributed by atoms with Crippen LogP contribution in [-0.2, 0) is 9.53 Å². The number of likely N-dealkylation sites (tertiary alicyclic amines) is 1. The number of carboxylic acid groups (broad SMARTS) is 1. The van der Waals surface area contributed by atoms with E-state index in [1.54, 1.807) is 11.6 Å². The number of rotatable bonds is 5. The molecule has 1 aliphatic carbocycles. The third-order valence-electron chi connectivity index (χ3n) is 5.18. The quantitative estimate of drug-likeness (QED) is 0.890. The molecule has 3 rings (SSSR count). The molecule has 0 aromatic carbocycles. The van der Waals surface area contributed by atoms with Gasteiger partial charge in [0.25, 0.3) is 0 Å². The summed E-state index contributed by atoms with van der Waals surface area (Å²) in [7, 11) is 0. The van der Waals surface area contributed by atoms with E-state index < -0.39 is 5.97 Å². The molecular weight excluding hydrogens is 310 g/mol. The van der Waals surface area contributed by atoms with Crippen molar-refractivity contribution in [2.45, 2.75) is 57.6 Å². The standard InChI is InChI=1S/C17H25N3O4/c1-12-15(17(22)23)10-18-20(12)13-6-8-19(9-7-13)16(21)11-24-14-4-2-3-5-14/h10,13-14H,2-9,11H2,1H3,(H,22,23). The van der Waals surface area contributed by atoms with E-state index >= 15 is 0 Å². The highest BCUT2D eigenvalue weighted by Gasteiger charge is 2.27. The highest BCUT2D eigenvalue weighted by atomic mass is 16.5. The van der Waals surface area contributed by atoms with Crippen molar-refractivity contribution in [1.29, 1.82) is 0 Å². The average molecular weight is 335 g/mol. The van der Waals surface area contributed by atoms with E-state index in [-0.39, 0.29) is 30.2 Å². The van der Waals surface area contributed by atoms with Gasteiger partial charge in [0.1, 0.15) is 12.2 Å². The van der Waals surface area contributed by atoms with Crippen molar-refractivity contribution in [3.63, 3.8) is 0 Å². The lowest BCUT2D eigenvalue weighted by Gasteiger charge is -2.32. The third kappa shape index (κ3) is 3.61. The summed E-state index contributed by atoms with van der Waals surface area (Å²) >= 11 is 0. The van der Waals surface area contributed by atoms with E-state index in [1.165, 1.54) is 19.0 Å². The summed E-state index contributed by atoms with van der Waals surface area (Å²) < 4.78 is 7.50. The molecule has 24 heavy (non-hydrogen) atoms. The van der Waals surface area contributed by atoms with Crippen LogP contribution >= 0.6 is 0 Å². The number of hydrogen-bond donors (Lipinski definition) is 1. The lowest BCUT2D eigenvalue weighted by atomic mass is 10.0. The minimum Gasteiger partial charge on any atom is -0.478 e. The van der Waals surface area contributed by atoms with Gasteiger partial charge in [0, 0.05) is 13.1 Å². The Labute approximate surface area is 141 Å². The van der Waals surface area contributed by atoms with Gasteiger partial charge in [0.15, 0.2) is 0 Å². The van der Waals surface area contributed by atoms with Crippen molar-refractivity contribution in [3.8, 4) is 0 Å². The van der Waals surface area contributed by atoms with Crippen LogP contribution in [0.1, 0.15) is 60.6 Å². The van der Waals surface area contributed by atoms with Crippen molar-refractivity contribution in [2.75, 3.05) is 19.7 Å². The normalized spacial score (nSPS) is 19.8. The summed E-state index contributed by atoms with van der Waals surface area (Å²) in [6.07, 6.45) is 7.78. The zero-order valence-electron chi connectivity index (χ0n) is 14.1. The molecule has 0 spiro atoms. The summed E-state index contributed by atoms with van der Waals surface area (Å²) in [6, 6.07) is 0.151. The Kier molecular flexibility index (Phi) is 5.18. The Hall–Kier alpha value is -1.89. The van der Waals surface area contributed by atoms with Crippen LogP contribution in [0.4, 0.5) is 0 Å². The fourth-order valence-corrected chi connectivity index (χ4v) is 3.70. The van der Waals surface area contributed by atoms with E-state index in [9.17, 15) is 9.59 Å². The number of carbonyl (C=O) groups is 2. The Morgan fingerprint density at radius 1 is 1.25 bits per heavy atom. The Bertz CT molecular complexity index is 599. The highest BCUT2D eigenvalue weighted by molar-refractivity contribution is 5.88. The van der Waals surface area contributed by atoms with Gasteiger partial charge in [0.05, 0.1) is 24.0 Å². The zero-order valence-corrected chi connectivity index (χ0v) is 14.1. The van der Waals surface area contributed by atoms with Gasteiger partial charge in [-0.1, -0.05) is 12.8 Å². The second-order valence-corrected chi connectivity index (χ2v) is 6.72. The van der Waals surface area contributed by atoms with Crippen molar-refractivity contribution < 1.29 is 19.4 Å². The molecule has 1 aromatic rings. The van der Waals surface area contributed by atoms with Crippen molar-refractivity contribution in [1.82, 2.24) is 14.7 Å². The van der Waals surface area contributed by atoms with Gasteiger partial charge in [-0.05, 0) is 32.6 Å². The molecule has 1 saturated heterocycles. The molecule has 2 heterocycles. The molecule has 1 aliphatic heterocycles. The van der Waals surface area contributed by atoms with Crippen molar-refractivity contribution in [2.24, 2.45) is 0 Å². The summed E-state index contributed by atoms with van der Waals surface area (Å²) in [4.78, 5) is 25.2. The van der Waals surface area contributed by atoms with Gasteiger partial charge >= 0.3 is 5.97 Å². The number of nitrogens with zero attached hydrogens (tertiary/aromatic N) is 3. The first kappa shape index (κ1) is 17.0. The average Bonchev–Trinajstić information content (AvgIpc) is 3.22. The first-order chi connectivity index (χ1) is 11.6. The minimum absolute atomic E-state index is 0.0590. The predicted octanol–water partition coefficient (Wildman–Crippen LogP) is 2.01. The maximum Gasteiger partial charge on any atom is 0.339 e. The van der Waals surface area contributed by atoms with Gasteiger partial charge in [-0.25, -0.2) is 4.79 Å². The molecule has 132 valence electrons. The predicted molar refractivity (Wildman–Crippen MR) is 87.0 cm³/mol. The molecule has 0 unspecified atom stereocenters. The summed E-state index contributed by atoms with van der Waals surface area (Å²) in [5, 5.41) is 13.3. The Morgan fingerprint density at radius 2 is 1.92 bits per heavy atom. The second kappa shape index (κ2) is 7.34. The minimum atomic E-state index is -0.949. The summed E-state index contributed by atoms with van der Waals surface area (Å²) in [5.74, 6) is -0.890. The van der Waals surface area contributed by atoms with Gasteiger partial charge < -0.3 is 14.7 Å². The van der Waals surface area contributed by atoms with Gasteiger partial charge in [0.2, 0.25) is 5.91 Å². The highest BCUT2D eigenvalue weighted by Crippen LogP contribution is 2.25. The van der Waals surface area contributed by atoms with Crippen LogP contribution in [0.2, 0.25) is 0 Å². The number of piperidine rings is 1. The number of amides is 1. The molecular formula is C17H25N3O4. The fourth-order valence-electron chi connectivity index (χ4n) is 3.70. The zero-order chi connectivity index (χ0) is 17.1. The van der Waals surface area contributed by atoms with Gasteiger partial charge in [-0.15, -0.1) is 0 Å². The van der Waals surface area contributed by atoms with Crippen LogP contribution in [0.5, 0.6) is 0 Å². The molecule has 1 N–H and O–H groups in total. The van der Waals surface area contributed by atoms with Crippen LogP contribution in [0, 0.1) is 6.92 Å². The SMILES string of the molecule is Cc1c(C(=O)O)cnn1C1CCN(C(=O)COC2CCCC2)CC1. The van der Waals surface area contributed by atoms with E-state index in [0.29, 0.717) is 18.8 Å². The van der Waals surface area contributed by atoms with Crippen molar-refractivity contribution in [3.05, 3.63) is 17.5 Å². The molecule has 0 radical (unpaired) electrons. The van der Waals surface area contributed by atoms with E-state index in [4.69, 9.17) is 9.84 Å². The number of aromatic nitrogens is 2. The Morgan fingerprint density at radius 3 is 2.50 bits per heavy atom. The van der Waals surface area contributed by atoms with Crippen LogP contribution in [0.25, 0.3) is 0 Å². The summed E-state index contributed by atoms with van der Waals surface area (Å²) in [5.41, 5.74) is 0.926. The number of ether oxygens (including phenoxy) is 1. The third-order valence-corrected chi connectivity index (χ3v) is 5.18. The largest absolute Gasteiger partial charge is 0.478 e. The number of carbonyl (C=O) groups excluding carboxylic acids is 1. The molecule has 1 aromatic heterocycles. The molecule has 2 fully saturated rings. The molecule has 0 bridgehead atoms. The first-order valence-electron chi connectivity index (χ1n) is 8.73. The smallest absolute Gasteiger partial charge is 0.339 e. The molecule has 1 amide bonds. The van der Waals surface area contributed by atoms with E-state index in [2.05, 4.69) is 5.10 Å². The van der Waals surface area contributed by atoms with Crippen LogP contribution < -0.4 is 0 Å².